The molecule has 1 atom stereocenters. The van der Waals surface area contributed by atoms with Gasteiger partial charge < -0.3 is 29.7 Å². The lowest BCUT2D eigenvalue weighted by Crippen LogP contribution is -2.51. The highest BCUT2D eigenvalue weighted by Crippen LogP contribution is 2.27. The highest BCUT2D eigenvalue weighted by Gasteiger charge is 2.36. The van der Waals surface area contributed by atoms with Crippen LogP contribution in [0, 0.1) is 0 Å². The second-order valence-electron chi connectivity index (χ2n) is 12.1. The Bertz CT molecular complexity index is 1340. The molecule has 10 nitrogen and oxygen atoms in total. The van der Waals surface area contributed by atoms with Crippen LogP contribution in [0.15, 0.2) is 51.4 Å². The summed E-state index contributed by atoms with van der Waals surface area (Å²) in [5, 5.41) is 3.05. The number of rotatable bonds is 9. The Hall–Kier alpha value is -2.67. The molecule has 0 spiro atoms. The minimum atomic E-state index is -0.926. The molecule has 12 heteroatoms. The highest BCUT2D eigenvalue weighted by atomic mass is 79.9. The number of halogens is 2. The first-order valence-corrected chi connectivity index (χ1v) is 17.0. The number of piperidine rings is 1. The molecule has 0 aliphatic carbocycles. The lowest BCUT2D eigenvalue weighted by atomic mass is 10.0. The molecule has 0 saturated carbocycles. The zero-order valence-electron chi connectivity index (χ0n) is 25.5. The maximum atomic E-state index is 13.8. The van der Waals surface area contributed by atoms with E-state index in [4.69, 9.17) is 4.74 Å². The van der Waals surface area contributed by atoms with Gasteiger partial charge in [0.15, 0.2) is 6.10 Å². The molecule has 2 fully saturated rings. The van der Waals surface area contributed by atoms with Gasteiger partial charge in [0.05, 0.1) is 6.67 Å². The van der Waals surface area contributed by atoms with Gasteiger partial charge in [-0.1, -0.05) is 24.3 Å². The van der Waals surface area contributed by atoms with Crippen LogP contribution in [0.3, 0.4) is 0 Å². The van der Waals surface area contributed by atoms with Crippen molar-refractivity contribution in [2.75, 3.05) is 71.9 Å². The van der Waals surface area contributed by atoms with E-state index in [2.05, 4.69) is 61.1 Å². The summed E-state index contributed by atoms with van der Waals surface area (Å²) < 4.78 is 7.79. The van der Waals surface area contributed by atoms with Gasteiger partial charge in [-0.3, -0.25) is 9.69 Å². The fraction of sp³-hybridized carbons (Fsp3) is 0.531. The zero-order chi connectivity index (χ0) is 31.2. The predicted octanol–water partition coefficient (Wildman–Crippen LogP) is 4.87. The number of nitrogens with zero attached hydrogens (tertiary/aromatic N) is 5. The number of carbonyl (C=O) groups excluding carboxylic acids is 3. The number of hydrogen-bond donors (Lipinski definition) is 1. The van der Waals surface area contributed by atoms with E-state index in [9.17, 15) is 14.4 Å². The lowest BCUT2D eigenvalue weighted by molar-refractivity contribution is -0.140. The highest BCUT2D eigenvalue weighted by molar-refractivity contribution is 9.13. The molecule has 0 bridgehead atoms. The quantitative estimate of drug-likeness (QED) is 0.396. The molecule has 3 aliphatic rings. The summed E-state index contributed by atoms with van der Waals surface area (Å²) in [5.41, 5.74) is 2.90. The van der Waals surface area contributed by atoms with E-state index in [0.29, 0.717) is 52.1 Å². The lowest BCUT2D eigenvalue weighted by Gasteiger charge is -2.38. The molecular formula is C32H42Br2N6O4. The molecule has 0 aromatic heterocycles. The minimum absolute atomic E-state index is 0.0361. The molecule has 1 N–H and O–H groups in total. The number of hydrogen-bond acceptors (Lipinski definition) is 6. The molecule has 2 saturated heterocycles. The number of benzene rings is 2. The number of fused-ring (bicyclic) bond motifs is 1. The smallest absolute Gasteiger partial charge is 0.410 e. The first-order chi connectivity index (χ1) is 21.2. The van der Waals surface area contributed by atoms with Gasteiger partial charge >= 0.3 is 12.1 Å². The summed E-state index contributed by atoms with van der Waals surface area (Å²) in [7, 11) is 4.12. The number of carbonyl (C=O) groups is 3. The maximum Gasteiger partial charge on any atom is 0.410 e. The fourth-order valence-corrected chi connectivity index (χ4v) is 6.85. The summed E-state index contributed by atoms with van der Waals surface area (Å²) in [4.78, 5) is 50.1. The number of likely N-dealkylation sites (tertiary alicyclic amines) is 1. The van der Waals surface area contributed by atoms with Crippen molar-refractivity contribution >= 4 is 55.6 Å². The molecule has 0 radical (unpaired) electrons. The van der Waals surface area contributed by atoms with E-state index in [-0.39, 0.29) is 18.0 Å². The van der Waals surface area contributed by atoms with Crippen molar-refractivity contribution < 1.29 is 19.1 Å². The van der Waals surface area contributed by atoms with Crippen molar-refractivity contribution in [2.45, 2.75) is 44.2 Å². The van der Waals surface area contributed by atoms with Crippen molar-refractivity contribution in [3.8, 4) is 0 Å². The van der Waals surface area contributed by atoms with E-state index < -0.39 is 12.2 Å². The molecule has 4 amide bonds. The topological polar surface area (TPSA) is 88.7 Å². The third kappa shape index (κ3) is 8.32. The van der Waals surface area contributed by atoms with Crippen LogP contribution in [-0.2, 0) is 22.4 Å². The van der Waals surface area contributed by atoms with Crippen LogP contribution in [0.5, 0.6) is 0 Å². The zero-order valence-corrected chi connectivity index (χ0v) is 28.7. The van der Waals surface area contributed by atoms with Gasteiger partial charge in [0, 0.05) is 66.4 Å². The molecule has 2 aromatic rings. The monoisotopic (exact) mass is 732 g/mol. The second-order valence-corrected chi connectivity index (χ2v) is 13.8. The van der Waals surface area contributed by atoms with Gasteiger partial charge in [0.2, 0.25) is 0 Å². The number of para-hydroxylation sites is 1. The SMILES string of the molecule is CN(C)CCCN1CCN(C(=O)[C@@H](Cc2ccc(Br)c(Br)c2)OC(=O)N2CCC(N3CCc4ccccc4NC3=O)CC2)C1. The molecule has 5 rings (SSSR count). The molecule has 44 heavy (non-hydrogen) atoms. The van der Waals surface area contributed by atoms with Crippen LogP contribution < -0.4 is 5.32 Å². The third-order valence-corrected chi connectivity index (χ3v) is 10.6. The van der Waals surface area contributed by atoms with Crippen molar-refractivity contribution in [1.29, 1.82) is 0 Å². The van der Waals surface area contributed by atoms with Crippen LogP contribution in [0.25, 0.3) is 0 Å². The van der Waals surface area contributed by atoms with Gasteiger partial charge in [-0.05, 0) is 108 Å². The van der Waals surface area contributed by atoms with Crippen molar-refractivity contribution in [1.82, 2.24) is 24.5 Å². The summed E-state index contributed by atoms with van der Waals surface area (Å²) in [5.74, 6) is -0.164. The first kappa shape index (κ1) is 32.7. The average molecular weight is 735 g/mol. The number of ether oxygens (including phenoxy) is 1. The summed E-state index contributed by atoms with van der Waals surface area (Å²) in [6.45, 7) is 5.45. The fourth-order valence-electron chi connectivity index (χ4n) is 6.18. The van der Waals surface area contributed by atoms with Gasteiger partial charge in [0.25, 0.3) is 5.91 Å². The number of nitrogens with one attached hydrogen (secondary N) is 1. The minimum Gasteiger partial charge on any atom is -0.436 e. The van der Waals surface area contributed by atoms with E-state index >= 15 is 0 Å². The molecular weight excluding hydrogens is 692 g/mol. The predicted molar refractivity (Wildman–Crippen MR) is 178 cm³/mol. The van der Waals surface area contributed by atoms with E-state index in [1.165, 1.54) is 0 Å². The molecule has 2 aromatic carbocycles. The Morgan fingerprint density at radius 3 is 2.52 bits per heavy atom. The van der Waals surface area contributed by atoms with Crippen molar-refractivity contribution in [3.63, 3.8) is 0 Å². The molecule has 3 aliphatic heterocycles. The van der Waals surface area contributed by atoms with E-state index in [1.807, 2.05) is 52.3 Å². The summed E-state index contributed by atoms with van der Waals surface area (Å²) in [6, 6.07) is 13.7. The average Bonchev–Trinajstić information content (AvgIpc) is 3.41. The van der Waals surface area contributed by atoms with Crippen LogP contribution in [0.4, 0.5) is 15.3 Å². The molecule has 3 heterocycles. The van der Waals surface area contributed by atoms with Crippen LogP contribution in [-0.4, -0.2) is 121 Å². The van der Waals surface area contributed by atoms with Crippen LogP contribution in [0.1, 0.15) is 30.4 Å². The summed E-state index contributed by atoms with van der Waals surface area (Å²) in [6.07, 6.45) is 2.02. The van der Waals surface area contributed by atoms with Gasteiger partial charge in [0.1, 0.15) is 0 Å². The van der Waals surface area contributed by atoms with Gasteiger partial charge in [-0.15, -0.1) is 0 Å². The first-order valence-electron chi connectivity index (χ1n) is 15.4. The number of anilines is 1. The largest absolute Gasteiger partial charge is 0.436 e. The van der Waals surface area contributed by atoms with Crippen molar-refractivity contribution in [3.05, 3.63) is 62.5 Å². The van der Waals surface area contributed by atoms with Gasteiger partial charge in [-0.25, -0.2) is 9.59 Å². The Labute approximate surface area is 276 Å². The molecule has 238 valence electrons. The Kier molecular flexibility index (Phi) is 11.2. The number of amides is 4. The standard InChI is InChI=1S/C32H42Br2N6O4/c1-36(2)13-5-14-37-18-19-39(22-37)30(41)29(21-23-8-9-26(33)27(34)20-23)44-32(43)38-15-11-25(12-16-38)40-17-10-24-6-3-4-7-28(24)35-31(40)42/h3-4,6-9,20,25,29H,5,10-19,21-22H2,1-2H3,(H,35,42)/t29-/m1/s1. The Balaban J connectivity index is 1.19. The second kappa shape index (κ2) is 15.1. The van der Waals surface area contributed by atoms with Crippen LogP contribution >= 0.6 is 31.9 Å². The molecule has 0 unspecified atom stereocenters. The normalized spacial score (nSPS) is 18.7. The third-order valence-electron chi connectivity index (χ3n) is 8.68. The van der Waals surface area contributed by atoms with Crippen LogP contribution in [0.2, 0.25) is 0 Å². The summed E-state index contributed by atoms with van der Waals surface area (Å²) >= 11 is 7.05. The van der Waals surface area contributed by atoms with Gasteiger partial charge in [-0.2, -0.15) is 0 Å². The van der Waals surface area contributed by atoms with E-state index in [1.54, 1.807) is 4.90 Å². The maximum absolute atomic E-state index is 13.8. The number of urea groups is 1. The van der Waals surface area contributed by atoms with E-state index in [0.717, 1.165) is 58.2 Å². The Morgan fingerprint density at radius 2 is 1.77 bits per heavy atom. The Morgan fingerprint density at radius 1 is 1.00 bits per heavy atom. The van der Waals surface area contributed by atoms with Crippen molar-refractivity contribution in [2.24, 2.45) is 0 Å².